The molecule has 1 N–H and O–H groups in total. The van der Waals surface area contributed by atoms with Crippen LogP contribution in [0.4, 0.5) is 0 Å². The fraction of sp³-hybridized carbons (Fsp3) is 0.576. The summed E-state index contributed by atoms with van der Waals surface area (Å²) in [5.41, 5.74) is 0.243. The fourth-order valence-electron chi connectivity index (χ4n) is 6.28. The van der Waals surface area contributed by atoms with E-state index in [2.05, 4.69) is 129 Å². The highest BCUT2D eigenvalue weighted by molar-refractivity contribution is 6.80. The Kier molecular flexibility index (Phi) is 9.12. The maximum Gasteiger partial charge on any atom is 0.240 e. The molecule has 0 heterocycles. The Morgan fingerprint density at radius 1 is 0.889 bits per heavy atom. The zero-order valence-electron chi connectivity index (χ0n) is 24.2. The summed E-state index contributed by atoms with van der Waals surface area (Å²) < 4.78 is 7.39. The molecule has 0 spiro atoms. The molecule has 1 aliphatic carbocycles. The van der Waals surface area contributed by atoms with Gasteiger partial charge >= 0.3 is 0 Å². The van der Waals surface area contributed by atoms with Crippen molar-refractivity contribution in [3.63, 3.8) is 0 Å². The zero-order valence-corrected chi connectivity index (χ0v) is 25.3. The van der Waals surface area contributed by atoms with Crippen molar-refractivity contribution >= 4 is 19.4 Å². The topological polar surface area (TPSA) is 29.5 Å². The second kappa shape index (κ2) is 11.4. The SMILES string of the molecule is CC(C)[C@H](O)C=C[C@H](C)[C@@]1(C)CC[C@@H](C(O[SiH](c2ccccc2)c2ccccc2)C(C)(C)C)C1(C)C. The molecule has 2 aromatic rings. The van der Waals surface area contributed by atoms with Crippen LogP contribution < -0.4 is 10.4 Å². The number of benzene rings is 2. The van der Waals surface area contributed by atoms with E-state index in [0.717, 1.165) is 0 Å². The summed E-state index contributed by atoms with van der Waals surface area (Å²) in [5, 5.41) is 13.1. The van der Waals surface area contributed by atoms with Crippen LogP contribution in [0.3, 0.4) is 0 Å². The van der Waals surface area contributed by atoms with Gasteiger partial charge in [-0.1, -0.05) is 135 Å². The number of hydrogen-bond donors (Lipinski definition) is 1. The smallest absolute Gasteiger partial charge is 0.240 e. The van der Waals surface area contributed by atoms with Crippen LogP contribution in [-0.4, -0.2) is 26.4 Å². The van der Waals surface area contributed by atoms with Crippen LogP contribution in [0.1, 0.15) is 75.2 Å². The van der Waals surface area contributed by atoms with Gasteiger partial charge < -0.3 is 9.53 Å². The summed E-state index contributed by atoms with van der Waals surface area (Å²) in [4.78, 5) is 0. The average molecular weight is 507 g/mol. The van der Waals surface area contributed by atoms with Gasteiger partial charge in [0.25, 0.3) is 0 Å². The quantitative estimate of drug-likeness (QED) is 0.306. The van der Waals surface area contributed by atoms with Crippen molar-refractivity contribution in [2.45, 2.75) is 87.4 Å². The van der Waals surface area contributed by atoms with Gasteiger partial charge in [-0.3, -0.25) is 0 Å². The highest BCUT2D eigenvalue weighted by atomic mass is 28.3. The van der Waals surface area contributed by atoms with Gasteiger partial charge in [0.05, 0.1) is 12.2 Å². The molecule has 1 fully saturated rings. The first-order valence-electron chi connectivity index (χ1n) is 13.9. The summed E-state index contributed by atoms with van der Waals surface area (Å²) in [5.74, 6) is 1.07. The normalized spacial score (nSPS) is 24.9. The highest BCUT2D eigenvalue weighted by Crippen LogP contribution is 2.62. The van der Waals surface area contributed by atoms with Crippen LogP contribution in [0.25, 0.3) is 0 Å². The molecule has 0 amide bonds. The minimum atomic E-state index is -1.88. The van der Waals surface area contributed by atoms with Crippen LogP contribution in [0.5, 0.6) is 0 Å². The van der Waals surface area contributed by atoms with Crippen LogP contribution in [0.15, 0.2) is 72.8 Å². The summed E-state index contributed by atoms with van der Waals surface area (Å²) in [6.07, 6.45) is 6.41. The summed E-state index contributed by atoms with van der Waals surface area (Å²) >= 11 is 0. The van der Waals surface area contributed by atoms with E-state index in [4.69, 9.17) is 4.43 Å². The predicted octanol–water partition coefficient (Wildman–Crippen LogP) is 6.61. The third-order valence-electron chi connectivity index (χ3n) is 9.36. The van der Waals surface area contributed by atoms with Crippen molar-refractivity contribution < 1.29 is 9.53 Å². The Balaban J connectivity index is 1.96. The molecule has 0 saturated heterocycles. The Labute approximate surface area is 222 Å². The maximum atomic E-state index is 10.4. The Morgan fingerprint density at radius 2 is 1.39 bits per heavy atom. The molecule has 2 aromatic carbocycles. The summed E-state index contributed by atoms with van der Waals surface area (Å²) in [6.45, 7) is 20.9. The van der Waals surface area contributed by atoms with E-state index in [9.17, 15) is 5.11 Å². The van der Waals surface area contributed by atoms with Crippen LogP contribution in [0.2, 0.25) is 0 Å². The van der Waals surface area contributed by atoms with Crippen LogP contribution in [0, 0.1) is 34.0 Å². The molecule has 1 saturated carbocycles. The lowest BCUT2D eigenvalue weighted by atomic mass is 9.58. The van der Waals surface area contributed by atoms with E-state index in [1.165, 1.54) is 23.2 Å². The molecule has 1 unspecified atom stereocenters. The number of allylic oxidation sites excluding steroid dienone is 1. The molecule has 0 aromatic heterocycles. The minimum Gasteiger partial charge on any atom is -0.407 e. The molecule has 36 heavy (non-hydrogen) atoms. The number of hydrogen-bond acceptors (Lipinski definition) is 2. The molecule has 1 aliphatic rings. The molecule has 0 radical (unpaired) electrons. The molecular formula is C33H50O2Si. The monoisotopic (exact) mass is 506 g/mol. The molecule has 0 bridgehead atoms. The van der Waals surface area contributed by atoms with Gasteiger partial charge in [-0.15, -0.1) is 0 Å². The molecule has 5 atom stereocenters. The molecule has 2 nitrogen and oxygen atoms in total. The van der Waals surface area contributed by atoms with Gasteiger partial charge in [-0.25, -0.2) is 0 Å². The van der Waals surface area contributed by atoms with Crippen molar-refractivity contribution in [3.05, 3.63) is 72.8 Å². The molecule has 0 aliphatic heterocycles. The first-order valence-corrected chi connectivity index (χ1v) is 15.5. The first-order chi connectivity index (χ1) is 16.8. The minimum absolute atomic E-state index is 0.0227. The number of rotatable bonds is 9. The Hall–Kier alpha value is -1.68. The lowest BCUT2D eigenvalue weighted by Gasteiger charge is -2.50. The second-order valence-electron chi connectivity index (χ2n) is 13.3. The third kappa shape index (κ3) is 6.06. The maximum absolute atomic E-state index is 10.4. The zero-order chi connectivity index (χ0) is 26.7. The highest BCUT2D eigenvalue weighted by Gasteiger charge is 2.57. The average Bonchev–Trinajstić information content (AvgIpc) is 3.07. The largest absolute Gasteiger partial charge is 0.407 e. The third-order valence-corrected chi connectivity index (χ3v) is 11.9. The van der Waals surface area contributed by atoms with E-state index >= 15 is 0 Å². The molecule has 198 valence electrons. The lowest BCUT2D eigenvalue weighted by molar-refractivity contribution is -0.0424. The van der Waals surface area contributed by atoms with Crippen molar-refractivity contribution in [1.29, 1.82) is 0 Å². The predicted molar refractivity (Wildman–Crippen MR) is 157 cm³/mol. The van der Waals surface area contributed by atoms with Crippen LogP contribution >= 0.6 is 0 Å². The van der Waals surface area contributed by atoms with Gasteiger partial charge in [0, 0.05) is 0 Å². The van der Waals surface area contributed by atoms with Gasteiger partial charge in [0.2, 0.25) is 9.04 Å². The van der Waals surface area contributed by atoms with Crippen molar-refractivity contribution in [1.82, 2.24) is 0 Å². The Morgan fingerprint density at radius 3 is 1.83 bits per heavy atom. The van der Waals surface area contributed by atoms with E-state index in [1.807, 2.05) is 6.08 Å². The standard InChI is InChI=1S/C33H50O2Si/c1-24(2)29(34)21-20-25(3)33(9)23-22-28(32(33,7)8)30(31(4,5)6)35-36(26-16-12-10-13-17-26)27-18-14-11-15-19-27/h10-21,24-25,28-30,34,36H,22-23H2,1-9H3/t25-,28-,29+,30?,33+/m0/s1. The van der Waals surface area contributed by atoms with E-state index in [1.54, 1.807) is 0 Å². The molecule has 3 heteroatoms. The Bertz CT molecular complexity index is 936. The second-order valence-corrected chi connectivity index (χ2v) is 15.7. The van der Waals surface area contributed by atoms with Crippen LogP contribution in [-0.2, 0) is 4.43 Å². The number of aliphatic hydroxyl groups is 1. The van der Waals surface area contributed by atoms with Gasteiger partial charge in [0.15, 0.2) is 0 Å². The lowest BCUT2D eigenvalue weighted by Crippen LogP contribution is -2.54. The number of aliphatic hydroxyl groups excluding tert-OH is 1. The van der Waals surface area contributed by atoms with Crippen molar-refractivity contribution in [3.8, 4) is 0 Å². The van der Waals surface area contributed by atoms with E-state index in [0.29, 0.717) is 11.8 Å². The first kappa shape index (κ1) is 28.9. The van der Waals surface area contributed by atoms with Gasteiger partial charge in [0.1, 0.15) is 0 Å². The van der Waals surface area contributed by atoms with Crippen molar-refractivity contribution in [2.75, 3.05) is 0 Å². The molecule has 3 rings (SSSR count). The van der Waals surface area contributed by atoms with Gasteiger partial charge in [-0.2, -0.15) is 0 Å². The van der Waals surface area contributed by atoms with E-state index in [-0.39, 0.29) is 34.4 Å². The van der Waals surface area contributed by atoms with E-state index < -0.39 is 9.04 Å². The van der Waals surface area contributed by atoms with Gasteiger partial charge in [-0.05, 0) is 57.2 Å². The molecular weight excluding hydrogens is 456 g/mol. The summed E-state index contributed by atoms with van der Waals surface area (Å²) in [7, 11) is -1.88. The fourth-order valence-corrected chi connectivity index (χ4v) is 9.01. The van der Waals surface area contributed by atoms with Crippen molar-refractivity contribution in [2.24, 2.45) is 34.0 Å². The summed E-state index contributed by atoms with van der Waals surface area (Å²) in [6, 6.07) is 21.8.